The van der Waals surface area contributed by atoms with Gasteiger partial charge in [-0.1, -0.05) is 322 Å². The number of rotatable bonds is 76. The van der Waals surface area contributed by atoms with E-state index in [0.29, 0.717) is 38.0 Å². The zero-order valence-corrected chi connectivity index (χ0v) is 74.8. The number of carbonyl (C=O) groups excluding carboxylic acids is 4. The SMILES string of the molecule is CCCCCC/C=C\CCCCCCCCCC(=O)OCC(COP(=O)(O)OC1C(OC2OC(CO)C(O)C(O)C2O)C(O)C(O)C(OC(=O)CCCCCCCCC/C=C\CCCCCC)C1OC1OC(COC(=O)CCCCCCCCC(C)CCCCCCCC)C(O)C(O)C1O)OC(=O)CCCCCCCCCCCCCCC. The summed E-state index contributed by atoms with van der Waals surface area (Å²) < 4.78 is 73.5. The Morgan fingerprint density at radius 2 is 0.686 bits per heavy atom. The van der Waals surface area contributed by atoms with Gasteiger partial charge in [-0.3, -0.25) is 28.2 Å². The van der Waals surface area contributed by atoms with E-state index in [1.165, 1.54) is 148 Å². The minimum absolute atomic E-state index is 0.0142. The van der Waals surface area contributed by atoms with Crippen molar-refractivity contribution < 1.29 is 122 Å². The molecule has 26 heteroatoms. The molecule has 118 heavy (non-hydrogen) atoms. The van der Waals surface area contributed by atoms with Gasteiger partial charge in [-0.05, 0) is 83.0 Å². The van der Waals surface area contributed by atoms with Crippen LogP contribution in [0.25, 0.3) is 0 Å². The maximum atomic E-state index is 14.9. The lowest BCUT2D eigenvalue weighted by atomic mass is 9.84. The van der Waals surface area contributed by atoms with Crippen molar-refractivity contribution in [1.82, 2.24) is 0 Å². The van der Waals surface area contributed by atoms with Crippen LogP contribution in [0.15, 0.2) is 24.3 Å². The molecule has 0 spiro atoms. The Morgan fingerprint density at radius 3 is 1.10 bits per heavy atom. The molecule has 0 radical (unpaired) electrons. The molecule has 2 aliphatic heterocycles. The molecule has 0 aromatic carbocycles. The van der Waals surface area contributed by atoms with Gasteiger partial charge in [-0.25, -0.2) is 4.57 Å². The highest BCUT2D eigenvalue weighted by molar-refractivity contribution is 7.47. The van der Waals surface area contributed by atoms with E-state index in [2.05, 4.69) is 58.9 Å². The Hall–Kier alpha value is -3.05. The normalized spacial score (nSPS) is 25.3. The molecule has 692 valence electrons. The standard InChI is InChI=1S/C92H169O25P/c1-6-10-14-18-22-25-28-31-33-36-38-41-44-51-57-63-75(94)108-68-72(111-77(96)65-59-53-45-42-39-35-30-27-24-20-16-12-8-3)69-110-118(106,107)117-90-88(115-91-85(104)81(100)79(98)73(67-93)112-91)84(103)83(102)87(114-78(97)66-60-54-46-43-40-37-34-32-29-26-23-19-15-11-7-2)89(90)116-92-86(105)82(101)80(99)74(113-92)70-109-76(95)64-58-52-48-47-50-56-62-71(5)61-55-49-21-17-13-9-4/h25-26,28-29,71-74,79-93,98-105H,6-24,27,30-70H2,1-5H3,(H,106,107)/b28-25-,29-26-. The zero-order valence-electron chi connectivity index (χ0n) is 73.9. The van der Waals surface area contributed by atoms with Crippen molar-refractivity contribution in [3.63, 3.8) is 0 Å². The summed E-state index contributed by atoms with van der Waals surface area (Å²) in [5.74, 6) is -2.28. The minimum Gasteiger partial charge on any atom is -0.463 e. The maximum Gasteiger partial charge on any atom is 0.472 e. The van der Waals surface area contributed by atoms with Gasteiger partial charge in [0, 0.05) is 25.7 Å². The zero-order chi connectivity index (χ0) is 86.2. The quantitative estimate of drug-likeness (QED) is 0.00889. The minimum atomic E-state index is -5.81. The molecule has 1 saturated carbocycles. The van der Waals surface area contributed by atoms with Crippen molar-refractivity contribution in [1.29, 1.82) is 0 Å². The van der Waals surface area contributed by atoms with Gasteiger partial charge in [0.2, 0.25) is 0 Å². The Balaban J connectivity index is 1.92. The van der Waals surface area contributed by atoms with Gasteiger partial charge in [-0.15, -0.1) is 0 Å². The molecule has 3 fully saturated rings. The van der Waals surface area contributed by atoms with Gasteiger partial charge in [0.1, 0.15) is 92.6 Å². The van der Waals surface area contributed by atoms with Gasteiger partial charge in [0.25, 0.3) is 0 Å². The summed E-state index contributed by atoms with van der Waals surface area (Å²) in [6.07, 6.45) is 28.8. The molecule has 2 saturated heterocycles. The van der Waals surface area contributed by atoms with E-state index in [1.807, 2.05) is 0 Å². The highest BCUT2D eigenvalue weighted by Crippen LogP contribution is 2.49. The lowest BCUT2D eigenvalue weighted by Crippen LogP contribution is -2.70. The third-order valence-corrected chi connectivity index (χ3v) is 24.3. The van der Waals surface area contributed by atoms with Crippen molar-refractivity contribution in [2.24, 2.45) is 5.92 Å². The van der Waals surface area contributed by atoms with Crippen molar-refractivity contribution in [2.45, 2.75) is 505 Å². The molecule has 19 unspecified atom stereocenters. The van der Waals surface area contributed by atoms with E-state index < -0.39 is 162 Å². The van der Waals surface area contributed by atoms with Crippen molar-refractivity contribution in [2.75, 3.05) is 26.4 Å². The summed E-state index contributed by atoms with van der Waals surface area (Å²) in [5, 5.41) is 102. The second-order valence-electron chi connectivity index (χ2n) is 34.1. The van der Waals surface area contributed by atoms with Gasteiger partial charge in [-0.2, -0.15) is 0 Å². The molecule has 0 amide bonds. The number of phosphoric acid groups is 1. The fourth-order valence-electron chi connectivity index (χ4n) is 15.7. The predicted molar refractivity (Wildman–Crippen MR) is 458 cm³/mol. The molecule has 0 aromatic heterocycles. The first-order valence-corrected chi connectivity index (χ1v) is 49.0. The fraction of sp³-hybridized carbons (Fsp3) is 0.913. The van der Waals surface area contributed by atoms with Crippen LogP contribution < -0.4 is 0 Å². The second-order valence-corrected chi connectivity index (χ2v) is 35.6. The lowest BCUT2D eigenvalue weighted by Gasteiger charge is -2.50. The van der Waals surface area contributed by atoms with Gasteiger partial charge < -0.3 is 88.7 Å². The first-order valence-electron chi connectivity index (χ1n) is 47.5. The average Bonchev–Trinajstić information content (AvgIpc) is 0.754. The molecule has 0 bridgehead atoms. The number of ether oxygens (including phenoxy) is 8. The van der Waals surface area contributed by atoms with Gasteiger partial charge >= 0.3 is 31.7 Å². The van der Waals surface area contributed by atoms with Crippen LogP contribution in [-0.4, -0.2) is 205 Å². The first kappa shape index (κ1) is 109. The van der Waals surface area contributed by atoms with E-state index in [0.717, 1.165) is 161 Å². The molecule has 3 aliphatic rings. The number of phosphoric ester groups is 1. The first-order chi connectivity index (χ1) is 57.1. The van der Waals surface area contributed by atoms with Gasteiger partial charge in [0.15, 0.2) is 24.8 Å². The van der Waals surface area contributed by atoms with Crippen molar-refractivity contribution >= 4 is 31.7 Å². The molecule has 19 atom stereocenters. The topological polar surface area (TPSA) is 380 Å². The van der Waals surface area contributed by atoms with Crippen LogP contribution in [0, 0.1) is 5.92 Å². The number of carbonyl (C=O) groups is 4. The molecular weight excluding hydrogens is 1540 g/mol. The summed E-state index contributed by atoms with van der Waals surface area (Å²) in [5.41, 5.74) is 0. The predicted octanol–water partition coefficient (Wildman–Crippen LogP) is 17.6. The van der Waals surface area contributed by atoms with E-state index in [4.69, 9.17) is 46.9 Å². The molecule has 25 nitrogen and oxygen atoms in total. The molecule has 10 N–H and O–H groups in total. The Labute approximate surface area is 711 Å². The molecule has 3 rings (SSSR count). The fourth-order valence-corrected chi connectivity index (χ4v) is 16.6. The van der Waals surface area contributed by atoms with Crippen molar-refractivity contribution in [3.05, 3.63) is 24.3 Å². The van der Waals surface area contributed by atoms with E-state index >= 15 is 0 Å². The summed E-state index contributed by atoms with van der Waals surface area (Å²) in [7, 11) is -5.81. The van der Waals surface area contributed by atoms with E-state index in [1.54, 1.807) is 0 Å². The Morgan fingerprint density at radius 1 is 0.356 bits per heavy atom. The monoisotopic (exact) mass is 1710 g/mol. The van der Waals surface area contributed by atoms with Crippen LogP contribution >= 0.6 is 7.82 Å². The third kappa shape index (κ3) is 50.2. The summed E-state index contributed by atoms with van der Waals surface area (Å²) in [4.78, 5) is 66.5. The second kappa shape index (κ2) is 70.2. The number of allylic oxidation sites excluding steroid dienone is 4. The van der Waals surface area contributed by atoms with Crippen LogP contribution in [0.3, 0.4) is 0 Å². The van der Waals surface area contributed by atoms with Crippen LogP contribution in [0.2, 0.25) is 0 Å². The number of hydrogen-bond acceptors (Lipinski definition) is 24. The Kier molecular flexibility index (Phi) is 64.9. The summed E-state index contributed by atoms with van der Waals surface area (Å²) >= 11 is 0. The smallest absolute Gasteiger partial charge is 0.463 e. The number of aliphatic hydroxyl groups is 9. The van der Waals surface area contributed by atoms with E-state index in [9.17, 15) is 74.6 Å². The molecule has 2 heterocycles. The van der Waals surface area contributed by atoms with Crippen LogP contribution in [0.5, 0.6) is 0 Å². The average molecular weight is 1710 g/mol. The lowest BCUT2D eigenvalue weighted by molar-refractivity contribution is -0.360. The number of hydrogen-bond donors (Lipinski definition) is 10. The maximum absolute atomic E-state index is 14.9. The third-order valence-electron chi connectivity index (χ3n) is 23.3. The number of esters is 4. The summed E-state index contributed by atoms with van der Waals surface area (Å²) in [6, 6.07) is 0. The van der Waals surface area contributed by atoms with Crippen molar-refractivity contribution in [3.8, 4) is 0 Å². The Bertz CT molecular complexity index is 2570. The van der Waals surface area contributed by atoms with Crippen LogP contribution in [0.1, 0.15) is 401 Å². The number of unbranched alkanes of at least 4 members (excludes halogenated alkanes) is 44. The van der Waals surface area contributed by atoms with Crippen LogP contribution in [-0.2, 0) is 70.7 Å². The molecular formula is C92H169O25P. The van der Waals surface area contributed by atoms with E-state index in [-0.39, 0.29) is 25.7 Å². The summed E-state index contributed by atoms with van der Waals surface area (Å²) in [6.45, 7) is 7.90. The molecule has 0 aromatic rings. The molecule has 1 aliphatic carbocycles. The highest BCUT2D eigenvalue weighted by atomic mass is 31.2. The number of aliphatic hydroxyl groups excluding tert-OH is 9. The van der Waals surface area contributed by atoms with Gasteiger partial charge in [0.05, 0.1) is 13.2 Å². The van der Waals surface area contributed by atoms with Crippen LogP contribution in [0.4, 0.5) is 0 Å². The highest BCUT2D eigenvalue weighted by Gasteiger charge is 2.60. The largest absolute Gasteiger partial charge is 0.472 e.